The van der Waals surface area contributed by atoms with Gasteiger partial charge in [0.1, 0.15) is 12.1 Å². The van der Waals surface area contributed by atoms with Crippen molar-refractivity contribution >= 4 is 5.97 Å². The first-order chi connectivity index (χ1) is 9.06. The maximum atomic E-state index is 11.5. The first-order valence-electron chi connectivity index (χ1n) is 6.61. The van der Waals surface area contributed by atoms with E-state index in [1.54, 1.807) is 27.7 Å². The summed E-state index contributed by atoms with van der Waals surface area (Å²) in [4.78, 5) is 11.5. The van der Waals surface area contributed by atoms with Crippen LogP contribution in [0.1, 0.15) is 34.1 Å². The van der Waals surface area contributed by atoms with Gasteiger partial charge in [-0.3, -0.25) is 4.79 Å². The molecule has 3 unspecified atom stereocenters. The Balaban J connectivity index is 2.63. The third kappa shape index (κ3) is 4.99. The molecule has 7 nitrogen and oxygen atoms in total. The summed E-state index contributed by atoms with van der Waals surface area (Å²) >= 11 is 0. The van der Waals surface area contributed by atoms with E-state index >= 15 is 0 Å². The van der Waals surface area contributed by atoms with Gasteiger partial charge >= 0.3 is 5.97 Å². The zero-order valence-electron chi connectivity index (χ0n) is 12.7. The molecule has 0 amide bonds. The van der Waals surface area contributed by atoms with Gasteiger partial charge in [-0.05, 0) is 34.1 Å². The summed E-state index contributed by atoms with van der Waals surface area (Å²) in [6.45, 7) is 6.85. The lowest BCUT2D eigenvalue weighted by molar-refractivity contribution is -0.183. The number of esters is 1. The number of nitrogens with two attached hydrogens (primary N) is 1. The van der Waals surface area contributed by atoms with Crippen LogP contribution >= 0.6 is 0 Å². The minimum atomic E-state index is -1.21. The molecule has 0 aromatic heterocycles. The summed E-state index contributed by atoms with van der Waals surface area (Å²) in [7, 11) is 1.27. The fourth-order valence-electron chi connectivity index (χ4n) is 2.09. The minimum Gasteiger partial charge on any atom is -0.468 e. The first-order valence-corrected chi connectivity index (χ1v) is 6.61. The summed E-state index contributed by atoms with van der Waals surface area (Å²) in [6.07, 6.45) is -0.563. The molecule has 118 valence electrons. The van der Waals surface area contributed by atoms with Gasteiger partial charge < -0.3 is 29.8 Å². The van der Waals surface area contributed by atoms with E-state index < -0.39 is 35.8 Å². The predicted molar refractivity (Wildman–Crippen MR) is 70.7 cm³/mol. The summed E-state index contributed by atoms with van der Waals surface area (Å²) < 4.78 is 21.2. The van der Waals surface area contributed by atoms with Gasteiger partial charge in [-0.15, -0.1) is 0 Å². The second-order valence-electron chi connectivity index (χ2n) is 5.77. The monoisotopic (exact) mass is 291 g/mol. The zero-order valence-corrected chi connectivity index (χ0v) is 12.7. The molecule has 0 bridgehead atoms. The van der Waals surface area contributed by atoms with E-state index in [0.717, 1.165) is 0 Å². The van der Waals surface area contributed by atoms with Gasteiger partial charge in [-0.2, -0.15) is 0 Å². The lowest BCUT2D eigenvalue weighted by Crippen LogP contribution is -2.48. The number of carbonyl (C=O) groups is 1. The quantitative estimate of drug-likeness (QED) is 0.530. The van der Waals surface area contributed by atoms with Gasteiger partial charge in [0.15, 0.2) is 11.6 Å². The molecule has 0 aromatic rings. The highest BCUT2D eigenvalue weighted by Gasteiger charge is 2.46. The molecule has 3 atom stereocenters. The SMILES string of the molecule is COC(=O)C(N)C1OC(C)(C)OC1CCOC(C)(C)O. The fourth-order valence-corrected chi connectivity index (χ4v) is 2.09. The molecule has 0 saturated carbocycles. The van der Waals surface area contributed by atoms with E-state index in [9.17, 15) is 9.90 Å². The predicted octanol–water partition coefficient (Wildman–Crippen LogP) is 0.142. The van der Waals surface area contributed by atoms with Gasteiger partial charge in [0, 0.05) is 0 Å². The van der Waals surface area contributed by atoms with Gasteiger partial charge in [0.05, 0.1) is 19.8 Å². The number of hydrogen-bond donors (Lipinski definition) is 2. The fraction of sp³-hybridized carbons (Fsp3) is 0.923. The Hall–Kier alpha value is -0.730. The maximum absolute atomic E-state index is 11.5. The molecule has 0 aliphatic carbocycles. The highest BCUT2D eigenvalue weighted by Crippen LogP contribution is 2.31. The number of ether oxygens (including phenoxy) is 4. The van der Waals surface area contributed by atoms with Crippen molar-refractivity contribution in [1.82, 2.24) is 0 Å². The molecular weight excluding hydrogens is 266 g/mol. The van der Waals surface area contributed by atoms with E-state index in [0.29, 0.717) is 6.42 Å². The average Bonchev–Trinajstić information content (AvgIpc) is 2.61. The molecule has 3 N–H and O–H groups in total. The Morgan fingerprint density at radius 2 is 2.05 bits per heavy atom. The van der Waals surface area contributed by atoms with E-state index in [1.165, 1.54) is 7.11 Å². The summed E-state index contributed by atoms with van der Waals surface area (Å²) in [6, 6.07) is -0.922. The maximum Gasteiger partial charge on any atom is 0.325 e. The van der Waals surface area contributed by atoms with Crippen molar-refractivity contribution in [2.75, 3.05) is 13.7 Å². The molecule has 0 spiro atoms. The Morgan fingerprint density at radius 3 is 2.55 bits per heavy atom. The zero-order chi connectivity index (χ0) is 15.6. The molecule has 1 saturated heterocycles. The van der Waals surface area contributed by atoms with Crippen molar-refractivity contribution in [3.05, 3.63) is 0 Å². The molecule has 1 heterocycles. The second-order valence-corrected chi connectivity index (χ2v) is 5.77. The molecule has 1 rings (SSSR count). The van der Waals surface area contributed by atoms with E-state index in [-0.39, 0.29) is 6.61 Å². The van der Waals surface area contributed by atoms with Crippen LogP contribution in [0.5, 0.6) is 0 Å². The smallest absolute Gasteiger partial charge is 0.325 e. The number of methoxy groups -OCH3 is 1. The van der Waals surface area contributed by atoms with E-state index in [2.05, 4.69) is 4.74 Å². The van der Waals surface area contributed by atoms with Crippen LogP contribution in [-0.4, -0.2) is 54.6 Å². The highest BCUT2D eigenvalue weighted by atomic mass is 16.8. The van der Waals surface area contributed by atoms with Crippen molar-refractivity contribution < 1.29 is 28.8 Å². The third-order valence-corrected chi connectivity index (χ3v) is 2.91. The van der Waals surface area contributed by atoms with Gasteiger partial charge in [-0.25, -0.2) is 0 Å². The molecular formula is C13H25NO6. The second kappa shape index (κ2) is 6.36. The number of aliphatic hydroxyl groups is 1. The molecule has 0 radical (unpaired) electrons. The van der Waals surface area contributed by atoms with Gasteiger partial charge in [-0.1, -0.05) is 0 Å². The molecule has 1 fully saturated rings. The molecule has 20 heavy (non-hydrogen) atoms. The standard InChI is InChI=1S/C13H25NO6/c1-12(2,16)18-7-6-8-10(9(14)11(15)17-5)20-13(3,4)19-8/h8-10,16H,6-7,14H2,1-5H3. The van der Waals surface area contributed by atoms with Crippen LogP contribution in [0.2, 0.25) is 0 Å². The van der Waals surface area contributed by atoms with Crippen LogP contribution in [0.3, 0.4) is 0 Å². The minimum absolute atomic E-state index is 0.262. The summed E-state index contributed by atoms with van der Waals surface area (Å²) in [5.41, 5.74) is 5.83. The first kappa shape index (κ1) is 17.3. The van der Waals surface area contributed by atoms with E-state index in [4.69, 9.17) is 19.9 Å². The Kier molecular flexibility index (Phi) is 5.51. The van der Waals surface area contributed by atoms with Crippen LogP contribution in [0.25, 0.3) is 0 Å². The lowest BCUT2D eigenvalue weighted by atomic mass is 10.0. The van der Waals surface area contributed by atoms with Crippen molar-refractivity contribution in [2.24, 2.45) is 5.73 Å². The normalized spacial score (nSPS) is 27.4. The molecule has 0 aromatic carbocycles. The van der Waals surface area contributed by atoms with Crippen LogP contribution < -0.4 is 5.73 Å². The number of carbonyl (C=O) groups excluding carboxylic acids is 1. The van der Waals surface area contributed by atoms with Gasteiger partial charge in [0.2, 0.25) is 0 Å². The van der Waals surface area contributed by atoms with Crippen molar-refractivity contribution in [3.8, 4) is 0 Å². The van der Waals surface area contributed by atoms with Crippen LogP contribution in [0.15, 0.2) is 0 Å². The summed E-state index contributed by atoms with van der Waals surface area (Å²) in [5, 5.41) is 9.50. The lowest BCUT2D eigenvalue weighted by Gasteiger charge is -2.23. The van der Waals surface area contributed by atoms with Crippen LogP contribution in [0, 0.1) is 0 Å². The summed E-state index contributed by atoms with van der Waals surface area (Å²) in [5.74, 6) is -2.59. The van der Waals surface area contributed by atoms with Crippen molar-refractivity contribution in [2.45, 2.75) is 63.9 Å². The van der Waals surface area contributed by atoms with E-state index in [1.807, 2.05) is 0 Å². The highest BCUT2D eigenvalue weighted by molar-refractivity contribution is 5.76. The van der Waals surface area contributed by atoms with Gasteiger partial charge in [0.25, 0.3) is 0 Å². The molecule has 1 aliphatic rings. The van der Waals surface area contributed by atoms with Crippen molar-refractivity contribution in [1.29, 1.82) is 0 Å². The Labute approximate surface area is 119 Å². The number of hydrogen-bond acceptors (Lipinski definition) is 7. The average molecular weight is 291 g/mol. The Morgan fingerprint density at radius 1 is 1.45 bits per heavy atom. The molecule has 7 heteroatoms. The number of rotatable bonds is 6. The van der Waals surface area contributed by atoms with Crippen LogP contribution in [-0.2, 0) is 23.7 Å². The molecule has 1 aliphatic heterocycles. The van der Waals surface area contributed by atoms with Crippen molar-refractivity contribution in [3.63, 3.8) is 0 Å². The topological polar surface area (TPSA) is 100 Å². The largest absolute Gasteiger partial charge is 0.468 e. The van der Waals surface area contributed by atoms with Crippen LogP contribution in [0.4, 0.5) is 0 Å². The Bertz CT molecular complexity index is 338. The third-order valence-electron chi connectivity index (χ3n) is 2.91.